The molecule has 0 fully saturated rings. The Kier molecular flexibility index (Phi) is 4.40. The molecule has 0 aromatic heterocycles. The van der Waals surface area contributed by atoms with Gasteiger partial charge in [0.25, 0.3) is 0 Å². The molecule has 0 saturated carbocycles. The number of hydrogen-bond donors (Lipinski definition) is 2. The first-order chi connectivity index (χ1) is 7.78. The SMILES string of the molecule is CC(C)(C)NC(=O)CSc1ccc(N)c(F)c1. The zero-order valence-electron chi connectivity index (χ0n) is 10.2. The molecule has 3 nitrogen and oxygen atoms in total. The van der Waals surface area contributed by atoms with E-state index in [-0.39, 0.29) is 22.9 Å². The molecule has 1 aromatic rings. The number of thioether (sulfide) groups is 1. The highest BCUT2D eigenvalue weighted by Crippen LogP contribution is 2.21. The zero-order valence-corrected chi connectivity index (χ0v) is 11.0. The number of nitrogen functional groups attached to an aromatic ring is 1. The Morgan fingerprint density at radius 1 is 1.47 bits per heavy atom. The number of hydrogen-bond acceptors (Lipinski definition) is 3. The number of carbonyl (C=O) groups excluding carboxylic acids is 1. The minimum Gasteiger partial charge on any atom is -0.396 e. The maximum absolute atomic E-state index is 13.1. The van der Waals surface area contributed by atoms with Gasteiger partial charge in [0.05, 0.1) is 11.4 Å². The highest BCUT2D eigenvalue weighted by Gasteiger charge is 2.13. The molecular weight excluding hydrogens is 239 g/mol. The maximum Gasteiger partial charge on any atom is 0.230 e. The molecule has 5 heteroatoms. The van der Waals surface area contributed by atoms with Crippen LogP contribution >= 0.6 is 11.8 Å². The zero-order chi connectivity index (χ0) is 13.1. The van der Waals surface area contributed by atoms with Crippen LogP contribution in [0.2, 0.25) is 0 Å². The Morgan fingerprint density at radius 3 is 2.65 bits per heavy atom. The fourth-order valence-electron chi connectivity index (χ4n) is 1.20. The van der Waals surface area contributed by atoms with E-state index in [1.54, 1.807) is 6.07 Å². The number of benzene rings is 1. The Morgan fingerprint density at radius 2 is 2.12 bits per heavy atom. The topological polar surface area (TPSA) is 55.1 Å². The van der Waals surface area contributed by atoms with Crippen molar-refractivity contribution >= 4 is 23.4 Å². The van der Waals surface area contributed by atoms with Crippen molar-refractivity contribution in [1.29, 1.82) is 0 Å². The van der Waals surface area contributed by atoms with E-state index >= 15 is 0 Å². The van der Waals surface area contributed by atoms with E-state index in [0.717, 1.165) is 0 Å². The van der Waals surface area contributed by atoms with Crippen LogP contribution in [-0.2, 0) is 4.79 Å². The molecule has 0 bridgehead atoms. The van der Waals surface area contributed by atoms with Gasteiger partial charge in [-0.1, -0.05) is 0 Å². The van der Waals surface area contributed by atoms with Crippen LogP contribution in [0.15, 0.2) is 23.1 Å². The van der Waals surface area contributed by atoms with Gasteiger partial charge in [-0.25, -0.2) is 4.39 Å². The minimum atomic E-state index is -0.453. The van der Waals surface area contributed by atoms with E-state index in [1.807, 2.05) is 20.8 Å². The van der Waals surface area contributed by atoms with E-state index in [9.17, 15) is 9.18 Å². The average molecular weight is 256 g/mol. The number of rotatable bonds is 3. The van der Waals surface area contributed by atoms with Gasteiger partial charge in [0.1, 0.15) is 5.82 Å². The number of halogens is 1. The summed E-state index contributed by atoms with van der Waals surface area (Å²) in [5.41, 5.74) is 5.24. The molecule has 3 N–H and O–H groups in total. The second kappa shape index (κ2) is 5.40. The van der Waals surface area contributed by atoms with Crippen molar-refractivity contribution in [2.75, 3.05) is 11.5 Å². The van der Waals surface area contributed by atoms with Gasteiger partial charge in [-0.05, 0) is 39.0 Å². The molecule has 0 radical (unpaired) electrons. The van der Waals surface area contributed by atoms with Crippen molar-refractivity contribution in [3.63, 3.8) is 0 Å². The predicted octanol–water partition coefficient (Wildman–Crippen LogP) is 2.41. The van der Waals surface area contributed by atoms with E-state index in [2.05, 4.69) is 5.32 Å². The van der Waals surface area contributed by atoms with E-state index in [0.29, 0.717) is 4.90 Å². The number of carbonyl (C=O) groups is 1. The summed E-state index contributed by atoms with van der Waals surface area (Å²) in [4.78, 5) is 12.2. The predicted molar refractivity (Wildman–Crippen MR) is 69.4 cm³/mol. The Labute approximate surface area is 105 Å². The van der Waals surface area contributed by atoms with E-state index < -0.39 is 5.82 Å². The summed E-state index contributed by atoms with van der Waals surface area (Å²) in [5, 5.41) is 2.84. The Bertz CT molecular complexity index is 415. The maximum atomic E-state index is 13.1. The van der Waals surface area contributed by atoms with Gasteiger partial charge in [0, 0.05) is 10.4 Å². The summed E-state index contributed by atoms with van der Waals surface area (Å²) in [5.74, 6) is -0.258. The summed E-state index contributed by atoms with van der Waals surface area (Å²) in [7, 11) is 0. The third-order valence-electron chi connectivity index (χ3n) is 1.86. The molecule has 0 aliphatic heterocycles. The van der Waals surface area contributed by atoms with Crippen LogP contribution in [0, 0.1) is 5.82 Å². The lowest BCUT2D eigenvalue weighted by atomic mass is 10.1. The minimum absolute atomic E-state index is 0.0697. The van der Waals surface area contributed by atoms with Gasteiger partial charge in [-0.15, -0.1) is 11.8 Å². The van der Waals surface area contributed by atoms with Gasteiger partial charge < -0.3 is 11.1 Å². The molecule has 0 aliphatic rings. The van der Waals surface area contributed by atoms with Crippen LogP contribution < -0.4 is 11.1 Å². The Balaban J connectivity index is 2.50. The molecule has 1 rings (SSSR count). The van der Waals surface area contributed by atoms with Crippen LogP contribution in [0.3, 0.4) is 0 Å². The van der Waals surface area contributed by atoms with E-state index in [1.165, 1.54) is 23.9 Å². The lowest BCUT2D eigenvalue weighted by Crippen LogP contribution is -2.41. The van der Waals surface area contributed by atoms with Crippen LogP contribution in [0.1, 0.15) is 20.8 Å². The molecule has 0 heterocycles. The third-order valence-corrected chi connectivity index (χ3v) is 2.85. The number of anilines is 1. The number of nitrogens with one attached hydrogen (secondary N) is 1. The third kappa shape index (κ3) is 5.08. The summed E-state index contributed by atoms with van der Waals surface area (Å²) < 4.78 is 13.1. The molecule has 0 atom stereocenters. The molecule has 0 spiro atoms. The molecule has 0 unspecified atom stereocenters. The fraction of sp³-hybridized carbons (Fsp3) is 0.417. The highest BCUT2D eigenvalue weighted by atomic mass is 32.2. The molecule has 94 valence electrons. The van der Waals surface area contributed by atoms with Crippen molar-refractivity contribution in [2.24, 2.45) is 0 Å². The van der Waals surface area contributed by atoms with Crippen molar-refractivity contribution in [1.82, 2.24) is 5.32 Å². The lowest BCUT2D eigenvalue weighted by molar-refractivity contribution is -0.119. The summed E-state index contributed by atoms with van der Waals surface area (Å²) >= 11 is 1.28. The second-order valence-corrected chi connectivity index (χ2v) is 5.82. The molecule has 0 saturated heterocycles. The monoisotopic (exact) mass is 256 g/mol. The summed E-state index contributed by atoms with van der Waals surface area (Å²) in [6.07, 6.45) is 0. The first-order valence-corrected chi connectivity index (χ1v) is 6.25. The largest absolute Gasteiger partial charge is 0.396 e. The van der Waals surface area contributed by atoms with Crippen LogP contribution in [0.5, 0.6) is 0 Å². The number of nitrogens with two attached hydrogens (primary N) is 1. The van der Waals surface area contributed by atoms with Gasteiger partial charge >= 0.3 is 0 Å². The number of amides is 1. The van der Waals surface area contributed by atoms with Gasteiger partial charge in [0.2, 0.25) is 5.91 Å². The van der Waals surface area contributed by atoms with Gasteiger partial charge in [-0.2, -0.15) is 0 Å². The first-order valence-electron chi connectivity index (χ1n) is 5.27. The van der Waals surface area contributed by atoms with Crippen LogP contribution in [0.4, 0.5) is 10.1 Å². The van der Waals surface area contributed by atoms with Crippen molar-refractivity contribution in [3.8, 4) is 0 Å². The average Bonchev–Trinajstić information content (AvgIpc) is 2.17. The van der Waals surface area contributed by atoms with Crippen molar-refractivity contribution < 1.29 is 9.18 Å². The van der Waals surface area contributed by atoms with E-state index in [4.69, 9.17) is 5.73 Å². The normalized spacial score (nSPS) is 11.3. The standard InChI is InChI=1S/C12H17FN2OS/c1-12(2,3)15-11(16)7-17-8-4-5-10(14)9(13)6-8/h4-6H,7,14H2,1-3H3,(H,15,16). The van der Waals surface area contributed by atoms with Crippen molar-refractivity contribution in [3.05, 3.63) is 24.0 Å². The second-order valence-electron chi connectivity index (χ2n) is 4.77. The van der Waals surface area contributed by atoms with Crippen molar-refractivity contribution in [2.45, 2.75) is 31.2 Å². The Hall–Kier alpha value is -1.23. The summed E-state index contributed by atoms with van der Waals surface area (Å²) in [6, 6.07) is 4.54. The smallest absolute Gasteiger partial charge is 0.230 e. The molecule has 1 aromatic carbocycles. The van der Waals surface area contributed by atoms with Gasteiger partial charge in [-0.3, -0.25) is 4.79 Å². The molecular formula is C12H17FN2OS. The fourth-order valence-corrected chi connectivity index (χ4v) is 1.92. The molecule has 17 heavy (non-hydrogen) atoms. The first kappa shape index (κ1) is 13.8. The van der Waals surface area contributed by atoms with Crippen LogP contribution in [-0.4, -0.2) is 17.2 Å². The lowest BCUT2D eigenvalue weighted by Gasteiger charge is -2.20. The molecule has 1 amide bonds. The summed E-state index contributed by atoms with van der Waals surface area (Å²) in [6.45, 7) is 5.75. The molecule has 0 aliphatic carbocycles. The quantitative estimate of drug-likeness (QED) is 0.645. The van der Waals surface area contributed by atoms with Crippen LogP contribution in [0.25, 0.3) is 0 Å². The highest BCUT2D eigenvalue weighted by molar-refractivity contribution is 8.00. The van der Waals surface area contributed by atoms with Gasteiger partial charge in [0.15, 0.2) is 0 Å².